The monoisotopic (exact) mass is 324 g/mol. The van der Waals surface area contributed by atoms with Crippen LogP contribution in [0.3, 0.4) is 0 Å². The number of carboxylic acid groups (broad SMARTS) is 1. The topological polar surface area (TPSA) is 55.8 Å². The van der Waals surface area contributed by atoms with Crippen molar-refractivity contribution in [2.24, 2.45) is 5.41 Å². The van der Waals surface area contributed by atoms with Crippen LogP contribution in [0.4, 0.5) is 0 Å². The molecule has 1 aliphatic heterocycles. The fraction of sp³-hybridized carbons (Fsp3) is 0.350. The van der Waals surface area contributed by atoms with Crippen molar-refractivity contribution in [2.75, 3.05) is 13.2 Å². The third-order valence-electron chi connectivity index (χ3n) is 5.40. The molecule has 2 aromatic rings. The number of hydrogen-bond acceptors (Lipinski definition) is 3. The van der Waals surface area contributed by atoms with Gasteiger partial charge < -0.3 is 14.6 Å². The molecule has 1 heterocycles. The molecule has 1 fully saturated rings. The van der Waals surface area contributed by atoms with E-state index in [1.807, 2.05) is 55.5 Å². The summed E-state index contributed by atoms with van der Waals surface area (Å²) in [7, 11) is 0. The lowest BCUT2D eigenvalue weighted by Crippen LogP contribution is -2.18. The highest BCUT2D eigenvalue weighted by Crippen LogP contribution is 2.72. The van der Waals surface area contributed by atoms with Crippen LogP contribution in [0.1, 0.15) is 36.3 Å². The van der Waals surface area contributed by atoms with Crippen LogP contribution in [0.2, 0.25) is 0 Å². The number of fused-ring (bicyclic) bond motifs is 1. The smallest absolute Gasteiger partial charge is 0.310 e. The highest BCUT2D eigenvalue weighted by Gasteiger charge is 2.69. The van der Waals surface area contributed by atoms with Crippen molar-refractivity contribution in [1.29, 1.82) is 0 Å². The summed E-state index contributed by atoms with van der Waals surface area (Å²) in [5.74, 6) is 0.674. The van der Waals surface area contributed by atoms with Gasteiger partial charge in [0.2, 0.25) is 0 Å². The van der Waals surface area contributed by atoms with Crippen molar-refractivity contribution in [1.82, 2.24) is 0 Å². The number of rotatable bonds is 4. The Morgan fingerprint density at radius 3 is 2.38 bits per heavy atom. The molecule has 0 radical (unpaired) electrons. The van der Waals surface area contributed by atoms with Crippen LogP contribution in [0.25, 0.3) is 0 Å². The van der Waals surface area contributed by atoms with Gasteiger partial charge in [0.25, 0.3) is 0 Å². The molecule has 24 heavy (non-hydrogen) atoms. The van der Waals surface area contributed by atoms with Gasteiger partial charge in [-0.15, -0.1) is 0 Å². The largest absolute Gasteiger partial charge is 0.486 e. The summed E-state index contributed by atoms with van der Waals surface area (Å²) in [6.45, 7) is 3.04. The Hall–Kier alpha value is -2.49. The number of hydrogen-bond donors (Lipinski definition) is 1. The lowest BCUT2D eigenvalue weighted by Gasteiger charge is -2.19. The Morgan fingerprint density at radius 2 is 1.71 bits per heavy atom. The predicted octanol–water partition coefficient (Wildman–Crippen LogP) is 3.82. The van der Waals surface area contributed by atoms with Crippen LogP contribution in [0, 0.1) is 5.41 Å². The Kier molecular flexibility index (Phi) is 3.48. The van der Waals surface area contributed by atoms with E-state index in [0.29, 0.717) is 25.4 Å². The van der Waals surface area contributed by atoms with Crippen molar-refractivity contribution in [2.45, 2.75) is 25.2 Å². The molecule has 1 N–H and O–H groups in total. The van der Waals surface area contributed by atoms with Gasteiger partial charge in [0.15, 0.2) is 11.5 Å². The van der Waals surface area contributed by atoms with Crippen LogP contribution in [-0.4, -0.2) is 24.3 Å². The Balaban J connectivity index is 1.76. The van der Waals surface area contributed by atoms with E-state index in [9.17, 15) is 9.90 Å². The maximum atomic E-state index is 12.1. The van der Waals surface area contributed by atoms with E-state index < -0.39 is 11.4 Å². The van der Waals surface area contributed by atoms with Crippen LogP contribution in [0.15, 0.2) is 48.5 Å². The quantitative estimate of drug-likeness (QED) is 0.929. The highest BCUT2D eigenvalue weighted by molar-refractivity contribution is 5.84. The fourth-order valence-corrected chi connectivity index (χ4v) is 4.19. The van der Waals surface area contributed by atoms with Gasteiger partial charge in [-0.2, -0.15) is 0 Å². The summed E-state index contributed by atoms with van der Waals surface area (Å²) in [4.78, 5) is 12.1. The third-order valence-corrected chi connectivity index (χ3v) is 5.40. The number of benzene rings is 2. The Morgan fingerprint density at radius 1 is 1.04 bits per heavy atom. The first-order valence-electron chi connectivity index (χ1n) is 8.36. The molecular formula is C20H20O4. The first-order chi connectivity index (χ1) is 11.7. The third kappa shape index (κ3) is 2.09. The second-order valence-corrected chi connectivity index (χ2v) is 6.47. The van der Waals surface area contributed by atoms with Gasteiger partial charge in [-0.1, -0.05) is 43.3 Å². The van der Waals surface area contributed by atoms with Crippen LogP contribution >= 0.6 is 0 Å². The van der Waals surface area contributed by atoms with Crippen molar-refractivity contribution in [3.63, 3.8) is 0 Å². The zero-order valence-corrected chi connectivity index (χ0v) is 13.6. The van der Waals surface area contributed by atoms with E-state index >= 15 is 0 Å². The zero-order chi connectivity index (χ0) is 16.7. The first-order valence-corrected chi connectivity index (χ1v) is 8.36. The number of aliphatic carboxylic acids is 1. The van der Waals surface area contributed by atoms with Crippen molar-refractivity contribution in [3.05, 3.63) is 59.7 Å². The van der Waals surface area contributed by atoms with Crippen LogP contribution in [-0.2, 0) is 4.79 Å². The summed E-state index contributed by atoms with van der Waals surface area (Å²) >= 11 is 0. The molecule has 0 spiro atoms. The van der Waals surface area contributed by atoms with Gasteiger partial charge in [0, 0.05) is 11.8 Å². The average molecular weight is 324 g/mol. The molecule has 2 aromatic carbocycles. The lowest BCUT2D eigenvalue weighted by atomic mass is 9.94. The van der Waals surface area contributed by atoms with Crippen molar-refractivity contribution in [3.8, 4) is 11.5 Å². The van der Waals surface area contributed by atoms with Crippen molar-refractivity contribution >= 4 is 5.97 Å². The molecule has 4 heteroatoms. The van der Waals surface area contributed by atoms with Gasteiger partial charge >= 0.3 is 5.97 Å². The van der Waals surface area contributed by atoms with E-state index in [1.165, 1.54) is 0 Å². The highest BCUT2D eigenvalue weighted by atomic mass is 16.6. The molecular weight excluding hydrogens is 304 g/mol. The van der Waals surface area contributed by atoms with Gasteiger partial charge in [-0.3, -0.25) is 4.79 Å². The normalized spacial score (nSPS) is 27.5. The second-order valence-electron chi connectivity index (χ2n) is 6.47. The molecule has 2 aliphatic rings. The van der Waals surface area contributed by atoms with E-state index in [-0.39, 0.29) is 11.8 Å². The number of carboxylic acids is 1. The zero-order valence-electron chi connectivity index (χ0n) is 13.6. The maximum absolute atomic E-state index is 12.1. The molecule has 124 valence electrons. The summed E-state index contributed by atoms with van der Waals surface area (Å²) < 4.78 is 11.2. The summed E-state index contributed by atoms with van der Waals surface area (Å²) in [5.41, 5.74) is 1.35. The molecule has 1 aliphatic carbocycles. The van der Waals surface area contributed by atoms with Gasteiger partial charge in [-0.05, 0) is 29.7 Å². The average Bonchev–Trinajstić information content (AvgIpc) is 3.32. The maximum Gasteiger partial charge on any atom is 0.310 e. The minimum Gasteiger partial charge on any atom is -0.486 e. The molecule has 0 amide bonds. The molecule has 4 rings (SSSR count). The SMILES string of the molecule is CCC1(C(=O)O)C(c2ccccc2)C1c1ccc2c(c1)OCCO2. The number of ether oxygens (including phenoxy) is 2. The standard InChI is InChI=1S/C20H20O4/c1-2-20(19(21)22)17(13-6-4-3-5-7-13)18(20)14-8-9-15-16(12-14)24-11-10-23-15/h3-9,12,17-18H,2,10-11H2,1H3,(H,21,22). The predicted molar refractivity (Wildman–Crippen MR) is 89.7 cm³/mol. The van der Waals surface area contributed by atoms with Crippen LogP contribution in [0.5, 0.6) is 11.5 Å². The molecule has 1 saturated carbocycles. The Bertz CT molecular complexity index is 770. The summed E-state index contributed by atoms with van der Waals surface area (Å²) in [5, 5.41) is 9.95. The van der Waals surface area contributed by atoms with Gasteiger partial charge in [-0.25, -0.2) is 0 Å². The molecule has 0 saturated heterocycles. The lowest BCUT2D eigenvalue weighted by molar-refractivity contribution is -0.143. The van der Waals surface area contributed by atoms with E-state index in [4.69, 9.17) is 9.47 Å². The summed E-state index contributed by atoms with van der Waals surface area (Å²) in [6.07, 6.45) is 0.598. The van der Waals surface area contributed by atoms with E-state index in [2.05, 4.69) is 0 Å². The molecule has 4 nitrogen and oxygen atoms in total. The van der Waals surface area contributed by atoms with Crippen molar-refractivity contribution < 1.29 is 19.4 Å². The molecule has 0 aromatic heterocycles. The number of carbonyl (C=O) groups is 1. The van der Waals surface area contributed by atoms with Gasteiger partial charge in [0.1, 0.15) is 13.2 Å². The minimum atomic E-state index is -0.745. The molecule has 3 atom stereocenters. The fourth-order valence-electron chi connectivity index (χ4n) is 4.19. The van der Waals surface area contributed by atoms with E-state index in [1.54, 1.807) is 0 Å². The molecule has 0 bridgehead atoms. The minimum absolute atomic E-state index is 0.0104. The Labute approximate surface area is 141 Å². The van der Waals surface area contributed by atoms with Gasteiger partial charge in [0.05, 0.1) is 5.41 Å². The van der Waals surface area contributed by atoms with Crippen LogP contribution < -0.4 is 9.47 Å². The first kappa shape index (κ1) is 15.1. The second kappa shape index (κ2) is 5.55. The van der Waals surface area contributed by atoms with E-state index in [0.717, 1.165) is 16.9 Å². The summed E-state index contributed by atoms with van der Waals surface area (Å²) in [6, 6.07) is 15.8. The molecule has 3 unspecified atom stereocenters.